The molecule has 4 rings (SSSR count). The van der Waals surface area contributed by atoms with Crippen LogP contribution in [0.3, 0.4) is 0 Å². The van der Waals surface area contributed by atoms with E-state index >= 15 is 0 Å². The Bertz CT molecular complexity index is 1200. The molecule has 3 aromatic rings. The molecule has 2 N–H and O–H groups in total. The summed E-state index contributed by atoms with van der Waals surface area (Å²) in [4.78, 5) is 17.3. The van der Waals surface area contributed by atoms with Gasteiger partial charge in [-0.1, -0.05) is 11.8 Å². The van der Waals surface area contributed by atoms with Crippen molar-refractivity contribution in [2.75, 3.05) is 5.75 Å². The van der Waals surface area contributed by atoms with Gasteiger partial charge in [0.1, 0.15) is 0 Å². The number of imidazole rings is 1. The summed E-state index contributed by atoms with van der Waals surface area (Å²) in [6.45, 7) is 4.05. The van der Waals surface area contributed by atoms with E-state index in [1.54, 1.807) is 6.07 Å². The third-order valence-corrected chi connectivity index (χ3v) is 7.11. The first-order chi connectivity index (χ1) is 13.2. The molecule has 2 heterocycles. The number of aromatic nitrogens is 3. The first-order valence-corrected chi connectivity index (χ1v) is 11.5. The smallest absolute Gasteiger partial charge is 0.238 e. The molecule has 0 unspecified atom stereocenters. The van der Waals surface area contributed by atoms with E-state index in [4.69, 9.17) is 5.14 Å². The van der Waals surface area contributed by atoms with Crippen molar-refractivity contribution in [2.45, 2.75) is 42.8 Å². The van der Waals surface area contributed by atoms with Crippen LogP contribution in [0.5, 0.6) is 0 Å². The number of nitrogens with two attached hydrogens (primary N) is 1. The second-order valence-corrected chi connectivity index (χ2v) is 9.75. The second-order valence-electron chi connectivity index (χ2n) is 7.25. The predicted octanol–water partition coefficient (Wildman–Crippen LogP) is 2.95. The molecule has 148 valence electrons. The molecule has 1 aliphatic rings. The molecule has 1 aromatic carbocycles. The number of primary sulfonamides is 1. The van der Waals surface area contributed by atoms with Gasteiger partial charge in [0.2, 0.25) is 10.0 Å². The lowest BCUT2D eigenvalue weighted by Crippen LogP contribution is -2.11. The normalized spacial score (nSPS) is 14.7. The average Bonchev–Trinajstić information content (AvgIpc) is 3.34. The van der Waals surface area contributed by atoms with Crippen LogP contribution in [0.15, 0.2) is 34.3 Å². The van der Waals surface area contributed by atoms with Crippen LogP contribution in [0.4, 0.5) is 0 Å². The van der Waals surface area contributed by atoms with Crippen LogP contribution in [-0.4, -0.2) is 34.1 Å². The third kappa shape index (κ3) is 3.38. The highest BCUT2D eigenvalue weighted by atomic mass is 32.2. The monoisotopic (exact) mass is 418 g/mol. The summed E-state index contributed by atoms with van der Waals surface area (Å²) < 4.78 is 27.2. The Hall–Kier alpha value is -2.10. The van der Waals surface area contributed by atoms with Crippen LogP contribution >= 0.6 is 11.8 Å². The van der Waals surface area contributed by atoms with Crippen molar-refractivity contribution in [1.29, 1.82) is 0 Å². The molecule has 1 aliphatic carbocycles. The summed E-state index contributed by atoms with van der Waals surface area (Å²) in [6.07, 6.45) is 2.36. The fraction of sp³-hybridized carbons (Fsp3) is 0.368. The molecule has 9 heteroatoms. The average molecular weight is 419 g/mol. The molecule has 0 aliphatic heterocycles. The number of nitrogens with zero attached hydrogens (tertiary/aromatic N) is 3. The molecular weight excluding hydrogens is 396 g/mol. The van der Waals surface area contributed by atoms with E-state index in [2.05, 4.69) is 9.55 Å². The number of fused-ring (bicyclic) bond motifs is 1. The van der Waals surface area contributed by atoms with Crippen molar-refractivity contribution in [1.82, 2.24) is 14.1 Å². The number of thioether (sulfide) groups is 1. The lowest BCUT2D eigenvalue weighted by molar-refractivity contribution is 0.102. The maximum atomic E-state index is 12.8. The predicted molar refractivity (Wildman–Crippen MR) is 109 cm³/mol. The van der Waals surface area contributed by atoms with Crippen molar-refractivity contribution in [3.8, 4) is 0 Å². The van der Waals surface area contributed by atoms with Gasteiger partial charge in [-0.2, -0.15) is 0 Å². The van der Waals surface area contributed by atoms with Crippen LogP contribution in [-0.2, 0) is 17.1 Å². The largest absolute Gasteiger partial charge is 0.345 e. The van der Waals surface area contributed by atoms with Crippen LogP contribution in [0.1, 0.15) is 40.6 Å². The number of Topliss-reactive ketones (excluding diaryl/α,β-unsaturated/α-hetero) is 1. The van der Waals surface area contributed by atoms with E-state index in [1.165, 1.54) is 36.7 Å². The van der Waals surface area contributed by atoms with E-state index < -0.39 is 10.0 Å². The number of benzene rings is 1. The number of sulfonamides is 1. The Kier molecular flexibility index (Phi) is 4.64. The highest BCUT2D eigenvalue weighted by molar-refractivity contribution is 7.99. The standard InChI is InChI=1S/C19H22N4O3S2/c1-11-8-15(12(2)23(11)13-4-5-13)18(24)10-27-19-21-16-9-14(28(20,25)26)6-7-17(16)22(19)3/h6-9,13H,4-5,10H2,1-3H3,(H2,20,25,26). The van der Waals surface area contributed by atoms with Crippen LogP contribution in [0.25, 0.3) is 11.0 Å². The molecule has 0 bridgehead atoms. The molecule has 28 heavy (non-hydrogen) atoms. The Labute approximate surface area is 168 Å². The maximum absolute atomic E-state index is 12.8. The third-order valence-electron chi connectivity index (χ3n) is 5.17. The van der Waals surface area contributed by atoms with Gasteiger partial charge in [0.15, 0.2) is 10.9 Å². The zero-order valence-corrected chi connectivity index (χ0v) is 17.6. The zero-order chi connectivity index (χ0) is 20.2. The summed E-state index contributed by atoms with van der Waals surface area (Å²) in [5.74, 6) is 0.344. The van der Waals surface area contributed by atoms with E-state index in [-0.39, 0.29) is 16.4 Å². The van der Waals surface area contributed by atoms with E-state index in [0.29, 0.717) is 16.7 Å². The number of ketones is 1. The van der Waals surface area contributed by atoms with E-state index in [0.717, 1.165) is 22.5 Å². The minimum absolute atomic E-state index is 0.0262. The summed E-state index contributed by atoms with van der Waals surface area (Å²) >= 11 is 1.35. The Morgan fingerprint density at radius 3 is 2.64 bits per heavy atom. The molecule has 0 spiro atoms. The van der Waals surface area contributed by atoms with Gasteiger partial charge in [-0.3, -0.25) is 4.79 Å². The van der Waals surface area contributed by atoms with Gasteiger partial charge >= 0.3 is 0 Å². The first-order valence-electron chi connectivity index (χ1n) is 9.00. The molecule has 1 saturated carbocycles. The lowest BCUT2D eigenvalue weighted by Gasteiger charge is -2.07. The fourth-order valence-corrected chi connectivity index (χ4v) is 5.03. The quantitative estimate of drug-likeness (QED) is 0.490. The second kappa shape index (κ2) is 6.75. The summed E-state index contributed by atoms with van der Waals surface area (Å²) in [6, 6.07) is 7.12. The Balaban J connectivity index is 1.56. The van der Waals surface area contributed by atoms with E-state index in [9.17, 15) is 13.2 Å². The number of hydrogen-bond acceptors (Lipinski definition) is 5. The van der Waals surface area contributed by atoms with Crippen LogP contribution in [0, 0.1) is 13.8 Å². The molecule has 1 fully saturated rings. The van der Waals surface area contributed by atoms with Gasteiger partial charge in [0.05, 0.1) is 21.7 Å². The molecule has 2 aromatic heterocycles. The molecule has 0 saturated heterocycles. The van der Waals surface area contributed by atoms with Gasteiger partial charge in [-0.05, 0) is 51.0 Å². The number of rotatable bonds is 6. The highest BCUT2D eigenvalue weighted by Gasteiger charge is 2.28. The molecule has 7 nitrogen and oxygen atoms in total. The lowest BCUT2D eigenvalue weighted by atomic mass is 10.2. The first kappa shape index (κ1) is 19.2. The summed E-state index contributed by atoms with van der Waals surface area (Å²) in [5, 5.41) is 5.85. The minimum Gasteiger partial charge on any atom is -0.345 e. The van der Waals surface area contributed by atoms with Crippen molar-refractivity contribution in [3.05, 3.63) is 41.2 Å². The van der Waals surface area contributed by atoms with Crippen molar-refractivity contribution >= 4 is 38.6 Å². The summed E-state index contributed by atoms with van der Waals surface area (Å²) in [7, 11) is -1.94. The molecule has 0 amide bonds. The highest BCUT2D eigenvalue weighted by Crippen LogP contribution is 2.38. The number of aryl methyl sites for hydroxylation is 2. The van der Waals surface area contributed by atoms with Gasteiger partial charge in [-0.15, -0.1) is 0 Å². The van der Waals surface area contributed by atoms with Crippen molar-refractivity contribution in [2.24, 2.45) is 12.2 Å². The van der Waals surface area contributed by atoms with E-state index in [1.807, 2.05) is 31.5 Å². The number of hydrogen-bond donors (Lipinski definition) is 1. The van der Waals surface area contributed by atoms with Gasteiger partial charge < -0.3 is 9.13 Å². The minimum atomic E-state index is -3.78. The number of carbonyl (C=O) groups is 1. The summed E-state index contributed by atoms with van der Waals surface area (Å²) in [5.41, 5.74) is 4.26. The van der Waals surface area contributed by atoms with Crippen molar-refractivity contribution < 1.29 is 13.2 Å². The topological polar surface area (TPSA) is 100.0 Å². The molecule has 0 atom stereocenters. The zero-order valence-electron chi connectivity index (χ0n) is 16.0. The Morgan fingerprint density at radius 1 is 1.29 bits per heavy atom. The molecule has 0 radical (unpaired) electrons. The van der Waals surface area contributed by atoms with Gasteiger partial charge in [-0.25, -0.2) is 18.5 Å². The molecular formula is C19H22N4O3S2. The van der Waals surface area contributed by atoms with Crippen LogP contribution < -0.4 is 5.14 Å². The SMILES string of the molecule is Cc1cc(C(=O)CSc2nc3cc(S(N)(=O)=O)ccc3n2C)c(C)n1C1CC1. The number of carbonyl (C=O) groups excluding carboxylic acids is 1. The van der Waals surface area contributed by atoms with Crippen molar-refractivity contribution in [3.63, 3.8) is 0 Å². The van der Waals surface area contributed by atoms with Crippen LogP contribution in [0.2, 0.25) is 0 Å². The van der Waals surface area contributed by atoms with Gasteiger partial charge in [0, 0.05) is 30.0 Å². The Morgan fingerprint density at radius 2 is 2.00 bits per heavy atom. The fourth-order valence-electron chi connectivity index (χ4n) is 3.63. The van der Waals surface area contributed by atoms with Gasteiger partial charge in [0.25, 0.3) is 0 Å². The maximum Gasteiger partial charge on any atom is 0.238 e.